The van der Waals surface area contributed by atoms with Crippen LogP contribution in [0, 0.1) is 11.8 Å². The minimum atomic E-state index is -0.0504. The van der Waals surface area contributed by atoms with Gasteiger partial charge in [-0.15, -0.1) is 0 Å². The van der Waals surface area contributed by atoms with Crippen molar-refractivity contribution in [2.24, 2.45) is 11.8 Å². The summed E-state index contributed by atoms with van der Waals surface area (Å²) in [6, 6.07) is 31.4. The minimum Gasteiger partial charge on any atom is -0.498 e. The van der Waals surface area contributed by atoms with Crippen LogP contribution in [0.4, 0.5) is 0 Å². The van der Waals surface area contributed by atoms with Crippen molar-refractivity contribution in [2.45, 2.75) is 116 Å². The maximum absolute atomic E-state index is 6.31. The molecule has 4 heteroatoms. The monoisotopic (exact) mass is 790 g/mol. The lowest BCUT2D eigenvalue weighted by molar-refractivity contribution is 0.173. The van der Waals surface area contributed by atoms with Crippen molar-refractivity contribution in [3.63, 3.8) is 0 Å². The SMILES string of the molecule is C=C(N[C@@H](C(=C)CCCCCOC(=C)C(C)C(=C)N1CCCC1C1=CCCC(Cc2ccccc2)=C1)C(=C)N1CCC[C@H]1c1cccc(Cc2ccccc2)c1)C(C)C. The molecule has 0 radical (unpaired) electrons. The lowest BCUT2D eigenvalue weighted by Gasteiger charge is -2.36. The number of allylic oxidation sites excluding steroid dienone is 3. The summed E-state index contributed by atoms with van der Waals surface area (Å²) in [5.41, 5.74) is 12.9. The Hall–Kier alpha value is -4.96. The highest BCUT2D eigenvalue weighted by Gasteiger charge is 2.33. The highest BCUT2D eigenvalue weighted by atomic mass is 16.5. The largest absolute Gasteiger partial charge is 0.498 e. The molecule has 59 heavy (non-hydrogen) atoms. The normalized spacial score (nSPS) is 18.8. The van der Waals surface area contributed by atoms with Gasteiger partial charge in [0, 0.05) is 30.2 Å². The van der Waals surface area contributed by atoms with E-state index in [1.54, 1.807) is 0 Å². The zero-order valence-electron chi connectivity index (χ0n) is 36.6. The molecule has 0 spiro atoms. The second-order valence-electron chi connectivity index (χ2n) is 17.6. The molecule has 2 saturated heterocycles. The summed E-state index contributed by atoms with van der Waals surface area (Å²) in [5.74, 6) is 1.21. The van der Waals surface area contributed by atoms with Gasteiger partial charge in [0.15, 0.2) is 0 Å². The van der Waals surface area contributed by atoms with Crippen LogP contribution in [0.3, 0.4) is 0 Å². The average molecular weight is 790 g/mol. The van der Waals surface area contributed by atoms with Gasteiger partial charge in [0.25, 0.3) is 0 Å². The molecule has 4 atom stereocenters. The van der Waals surface area contributed by atoms with Crippen molar-refractivity contribution in [2.75, 3.05) is 19.7 Å². The number of ether oxygens (including phenoxy) is 1. The van der Waals surface area contributed by atoms with E-state index in [1.807, 2.05) is 0 Å². The lowest BCUT2D eigenvalue weighted by Crippen LogP contribution is -2.40. The summed E-state index contributed by atoms with van der Waals surface area (Å²) in [6.07, 6.45) is 17.8. The van der Waals surface area contributed by atoms with E-state index in [9.17, 15) is 0 Å². The summed E-state index contributed by atoms with van der Waals surface area (Å²) in [6.45, 7) is 32.1. The van der Waals surface area contributed by atoms with E-state index >= 15 is 0 Å². The van der Waals surface area contributed by atoms with Crippen LogP contribution in [-0.4, -0.2) is 41.6 Å². The molecule has 0 bridgehead atoms. The molecule has 2 unspecified atom stereocenters. The van der Waals surface area contributed by atoms with Crippen LogP contribution < -0.4 is 5.32 Å². The number of unbranched alkanes of at least 4 members (excludes halogenated alkanes) is 2. The Kier molecular flexibility index (Phi) is 15.8. The third kappa shape index (κ3) is 11.8. The highest BCUT2D eigenvalue weighted by Crippen LogP contribution is 2.38. The molecule has 2 fully saturated rings. The van der Waals surface area contributed by atoms with Crippen molar-refractivity contribution >= 4 is 0 Å². The molecule has 0 saturated carbocycles. The van der Waals surface area contributed by atoms with Crippen molar-refractivity contribution in [1.29, 1.82) is 0 Å². The van der Waals surface area contributed by atoms with Gasteiger partial charge >= 0.3 is 0 Å². The number of benzene rings is 3. The number of hydrogen-bond donors (Lipinski definition) is 1. The van der Waals surface area contributed by atoms with E-state index in [0.29, 0.717) is 24.6 Å². The minimum absolute atomic E-state index is 0.0504. The third-order valence-corrected chi connectivity index (χ3v) is 12.9. The van der Waals surface area contributed by atoms with Crippen LogP contribution in [0.5, 0.6) is 0 Å². The summed E-state index contributed by atoms with van der Waals surface area (Å²) in [4.78, 5) is 5.06. The summed E-state index contributed by atoms with van der Waals surface area (Å²) in [7, 11) is 0. The van der Waals surface area contributed by atoms with Gasteiger partial charge < -0.3 is 19.9 Å². The predicted octanol–water partition coefficient (Wildman–Crippen LogP) is 13.2. The molecule has 1 N–H and O–H groups in total. The summed E-state index contributed by atoms with van der Waals surface area (Å²) in [5, 5.41) is 3.77. The Morgan fingerprint density at radius 2 is 1.37 bits per heavy atom. The number of nitrogens with zero attached hydrogens (tertiary/aromatic N) is 2. The number of likely N-dealkylation sites (tertiary alicyclic amines) is 2. The molecule has 1 aliphatic carbocycles. The Balaban J connectivity index is 0.972. The first-order valence-electron chi connectivity index (χ1n) is 22.5. The molecule has 2 heterocycles. The zero-order chi connectivity index (χ0) is 41.7. The molecule has 312 valence electrons. The molecule has 3 aromatic carbocycles. The van der Waals surface area contributed by atoms with Gasteiger partial charge in [0.05, 0.1) is 36.4 Å². The van der Waals surface area contributed by atoms with E-state index in [2.05, 4.69) is 159 Å². The summed E-state index contributed by atoms with van der Waals surface area (Å²) >= 11 is 0. The van der Waals surface area contributed by atoms with E-state index in [0.717, 1.165) is 100 Å². The fraction of sp³-hybridized carbons (Fsp3) is 0.418. The van der Waals surface area contributed by atoms with Gasteiger partial charge in [-0.05, 0) is 123 Å². The van der Waals surface area contributed by atoms with Crippen molar-refractivity contribution in [1.82, 2.24) is 15.1 Å². The molecule has 2 aliphatic heterocycles. The van der Waals surface area contributed by atoms with Gasteiger partial charge in [-0.2, -0.15) is 0 Å². The van der Waals surface area contributed by atoms with E-state index in [-0.39, 0.29) is 12.0 Å². The summed E-state index contributed by atoms with van der Waals surface area (Å²) < 4.78 is 6.31. The van der Waals surface area contributed by atoms with E-state index in [4.69, 9.17) is 11.3 Å². The van der Waals surface area contributed by atoms with Crippen molar-refractivity contribution < 1.29 is 4.74 Å². The van der Waals surface area contributed by atoms with E-state index < -0.39 is 0 Å². The van der Waals surface area contributed by atoms with Crippen LogP contribution >= 0.6 is 0 Å². The Morgan fingerprint density at radius 3 is 2.07 bits per heavy atom. The topological polar surface area (TPSA) is 27.7 Å². The second kappa shape index (κ2) is 21.3. The predicted molar refractivity (Wildman–Crippen MR) is 251 cm³/mol. The van der Waals surface area contributed by atoms with Crippen LogP contribution in [-0.2, 0) is 17.6 Å². The lowest BCUT2D eigenvalue weighted by atomic mass is 9.90. The highest BCUT2D eigenvalue weighted by molar-refractivity contribution is 5.37. The molecule has 4 nitrogen and oxygen atoms in total. The Bertz CT molecular complexity index is 1970. The van der Waals surface area contributed by atoms with Gasteiger partial charge in [0.2, 0.25) is 0 Å². The fourth-order valence-electron chi connectivity index (χ4n) is 9.15. The van der Waals surface area contributed by atoms with Gasteiger partial charge in [0.1, 0.15) is 0 Å². The van der Waals surface area contributed by atoms with Crippen molar-refractivity contribution in [3.8, 4) is 0 Å². The number of hydrogen-bond acceptors (Lipinski definition) is 4. The van der Waals surface area contributed by atoms with Gasteiger partial charge in [-0.1, -0.05) is 149 Å². The molecular formula is C55H71N3O. The number of rotatable bonds is 22. The third-order valence-electron chi connectivity index (χ3n) is 12.9. The molecule has 3 aliphatic rings. The van der Waals surface area contributed by atoms with Gasteiger partial charge in [-0.3, -0.25) is 0 Å². The molecule has 0 aromatic heterocycles. The quantitative estimate of drug-likeness (QED) is 0.0623. The molecule has 3 aromatic rings. The Labute approximate surface area is 357 Å². The van der Waals surface area contributed by atoms with Crippen LogP contribution in [0.1, 0.15) is 113 Å². The smallest absolute Gasteiger partial charge is 0.0974 e. The van der Waals surface area contributed by atoms with Crippen LogP contribution in [0.15, 0.2) is 170 Å². The maximum atomic E-state index is 6.31. The van der Waals surface area contributed by atoms with Crippen molar-refractivity contribution in [3.05, 3.63) is 192 Å². The average Bonchev–Trinajstić information content (AvgIpc) is 3.95. The maximum Gasteiger partial charge on any atom is 0.0974 e. The van der Waals surface area contributed by atoms with Gasteiger partial charge in [-0.25, -0.2) is 0 Å². The molecule has 0 amide bonds. The first kappa shape index (κ1) is 43.6. The van der Waals surface area contributed by atoms with E-state index in [1.165, 1.54) is 51.8 Å². The standard InChI is InChI=1S/C55H71N3O/c1-40(2)43(5)56-55(45(7)58-34-21-32-54(58)52-30-19-28-50(39-52)37-48-25-15-10-16-26-48)41(3)22-12-11-17-35-59-46(8)42(4)44(6)57-33-20-31-53(57)51-29-18-27-49(38-51)36-47-23-13-9-14-24-47/h9-10,13-16,19,23-26,28-30,38-40,42,53-56H,3,5-8,11-12,17-18,20-22,27,31-37H2,1-2,4H3/t42?,53?,54-,55-/m0/s1. The molecule has 6 rings (SSSR count). The first-order valence-corrected chi connectivity index (χ1v) is 22.5. The van der Waals surface area contributed by atoms with Crippen LogP contribution in [0.25, 0.3) is 0 Å². The second-order valence-corrected chi connectivity index (χ2v) is 17.6. The molecular weight excluding hydrogens is 719 g/mol. The van der Waals surface area contributed by atoms with Crippen LogP contribution in [0.2, 0.25) is 0 Å². The fourth-order valence-corrected chi connectivity index (χ4v) is 9.15. The first-order chi connectivity index (χ1) is 28.6. The Morgan fingerprint density at radius 1 is 0.729 bits per heavy atom. The zero-order valence-corrected chi connectivity index (χ0v) is 36.6. The number of nitrogens with one attached hydrogen (secondary N) is 1.